The molecule has 27 heavy (non-hydrogen) atoms. The van der Waals surface area contributed by atoms with Crippen molar-refractivity contribution in [3.05, 3.63) is 20.8 Å². The summed E-state index contributed by atoms with van der Waals surface area (Å²) >= 11 is 3.04. The van der Waals surface area contributed by atoms with E-state index in [2.05, 4.69) is 26.1 Å². The van der Waals surface area contributed by atoms with Crippen molar-refractivity contribution < 1.29 is 4.79 Å². The number of carbonyl (C=O) groups excluding carboxylic acids is 1. The third kappa shape index (κ3) is 4.57. The minimum absolute atomic E-state index is 0.00779. The first kappa shape index (κ1) is 20.4. The molecule has 0 saturated heterocycles. The van der Waals surface area contributed by atoms with E-state index < -0.39 is 0 Å². The summed E-state index contributed by atoms with van der Waals surface area (Å²) in [6.45, 7) is 9.81. The van der Waals surface area contributed by atoms with E-state index in [1.807, 2.05) is 6.92 Å². The average molecular weight is 408 g/mol. The van der Waals surface area contributed by atoms with Crippen LogP contribution in [0, 0.1) is 11.8 Å². The molecule has 7 heteroatoms. The van der Waals surface area contributed by atoms with E-state index in [0.717, 1.165) is 35.9 Å². The number of nitrogens with one attached hydrogen (secondary N) is 1. The number of rotatable bonds is 7. The zero-order chi connectivity index (χ0) is 19.6. The predicted molar refractivity (Wildman–Crippen MR) is 114 cm³/mol. The Bertz CT molecular complexity index is 885. The van der Waals surface area contributed by atoms with Crippen LogP contribution in [0.25, 0.3) is 10.2 Å². The van der Waals surface area contributed by atoms with Crippen molar-refractivity contribution in [2.24, 2.45) is 11.8 Å². The van der Waals surface area contributed by atoms with Crippen LogP contribution in [0.1, 0.15) is 51.0 Å². The van der Waals surface area contributed by atoms with Gasteiger partial charge in [0.2, 0.25) is 5.91 Å². The number of hydrogen-bond donors (Lipinski definition) is 1. The van der Waals surface area contributed by atoms with E-state index in [1.165, 1.54) is 22.2 Å². The number of aryl methyl sites for hydroxylation is 1. The van der Waals surface area contributed by atoms with E-state index >= 15 is 0 Å². The van der Waals surface area contributed by atoms with Crippen molar-refractivity contribution in [3.63, 3.8) is 0 Å². The van der Waals surface area contributed by atoms with Crippen LogP contribution >= 0.6 is 23.1 Å². The van der Waals surface area contributed by atoms with Gasteiger partial charge in [0.25, 0.3) is 5.56 Å². The van der Waals surface area contributed by atoms with Crippen LogP contribution in [0.15, 0.2) is 9.95 Å². The summed E-state index contributed by atoms with van der Waals surface area (Å²) in [6.07, 6.45) is 4.07. The van der Waals surface area contributed by atoms with Gasteiger partial charge in [0, 0.05) is 18.0 Å². The Morgan fingerprint density at radius 2 is 2.22 bits per heavy atom. The second kappa shape index (κ2) is 8.78. The first-order chi connectivity index (χ1) is 12.9. The first-order valence-electron chi connectivity index (χ1n) is 9.85. The standard InChI is InChI=1S/C20H29N3O2S2/c1-5-8-21-16(24)11-26-20-22-18-17(19(25)23(20)10-12(2)3)14-7-6-13(4)9-15(14)27-18/h12-13H,5-11H2,1-4H3,(H,21,24). The molecule has 3 rings (SSSR count). The summed E-state index contributed by atoms with van der Waals surface area (Å²) in [5.74, 6) is 1.29. The van der Waals surface area contributed by atoms with Gasteiger partial charge in [0.1, 0.15) is 4.83 Å². The molecule has 0 radical (unpaired) electrons. The Hall–Kier alpha value is -1.34. The molecule has 0 aromatic carbocycles. The van der Waals surface area contributed by atoms with Crippen molar-refractivity contribution in [2.75, 3.05) is 12.3 Å². The van der Waals surface area contributed by atoms with Gasteiger partial charge in [-0.2, -0.15) is 0 Å². The molecule has 1 N–H and O–H groups in total. The Kier molecular flexibility index (Phi) is 6.63. The van der Waals surface area contributed by atoms with E-state index in [9.17, 15) is 9.59 Å². The summed E-state index contributed by atoms with van der Waals surface area (Å²) in [7, 11) is 0. The molecule has 2 aromatic rings. The fraction of sp³-hybridized carbons (Fsp3) is 0.650. The molecule has 0 spiro atoms. The van der Waals surface area contributed by atoms with Crippen LogP contribution in [-0.4, -0.2) is 27.8 Å². The number of thiophene rings is 1. The highest BCUT2D eigenvalue weighted by Gasteiger charge is 2.25. The van der Waals surface area contributed by atoms with Crippen LogP contribution in [0.4, 0.5) is 0 Å². The van der Waals surface area contributed by atoms with Gasteiger partial charge in [-0.25, -0.2) is 4.98 Å². The minimum Gasteiger partial charge on any atom is -0.355 e. The zero-order valence-electron chi connectivity index (χ0n) is 16.6. The maximum Gasteiger partial charge on any atom is 0.263 e. The van der Waals surface area contributed by atoms with Crippen LogP contribution in [-0.2, 0) is 24.2 Å². The van der Waals surface area contributed by atoms with Crippen LogP contribution in [0.2, 0.25) is 0 Å². The molecule has 1 atom stereocenters. The van der Waals surface area contributed by atoms with Crippen molar-refractivity contribution in [1.29, 1.82) is 0 Å². The van der Waals surface area contributed by atoms with Gasteiger partial charge in [0.15, 0.2) is 5.16 Å². The summed E-state index contributed by atoms with van der Waals surface area (Å²) < 4.78 is 1.79. The van der Waals surface area contributed by atoms with Gasteiger partial charge in [-0.05, 0) is 43.1 Å². The highest BCUT2D eigenvalue weighted by Crippen LogP contribution is 2.36. The molecule has 5 nitrogen and oxygen atoms in total. The molecule has 1 aliphatic rings. The lowest BCUT2D eigenvalue weighted by Crippen LogP contribution is -2.28. The van der Waals surface area contributed by atoms with Gasteiger partial charge >= 0.3 is 0 Å². The van der Waals surface area contributed by atoms with Gasteiger partial charge in [-0.15, -0.1) is 11.3 Å². The number of thioether (sulfide) groups is 1. The van der Waals surface area contributed by atoms with Gasteiger partial charge in [-0.3, -0.25) is 14.2 Å². The molecule has 0 bridgehead atoms. The van der Waals surface area contributed by atoms with Gasteiger partial charge < -0.3 is 5.32 Å². The number of nitrogens with zero attached hydrogens (tertiary/aromatic N) is 2. The Labute approximate surface area is 169 Å². The summed E-state index contributed by atoms with van der Waals surface area (Å²) in [5, 5.41) is 4.37. The molecule has 0 aliphatic heterocycles. The summed E-state index contributed by atoms with van der Waals surface area (Å²) in [4.78, 5) is 32.3. The van der Waals surface area contributed by atoms with E-state index in [0.29, 0.717) is 30.1 Å². The van der Waals surface area contributed by atoms with Crippen LogP contribution in [0.3, 0.4) is 0 Å². The molecule has 2 heterocycles. The summed E-state index contributed by atoms with van der Waals surface area (Å²) in [6, 6.07) is 0. The SMILES string of the molecule is CCCNC(=O)CSc1nc2sc3c(c2c(=O)n1CC(C)C)CCC(C)C3. The van der Waals surface area contributed by atoms with E-state index in [4.69, 9.17) is 4.98 Å². The van der Waals surface area contributed by atoms with Crippen molar-refractivity contribution >= 4 is 39.2 Å². The van der Waals surface area contributed by atoms with Crippen molar-refractivity contribution in [1.82, 2.24) is 14.9 Å². The molecule has 1 aliphatic carbocycles. The largest absolute Gasteiger partial charge is 0.355 e. The third-order valence-corrected chi connectivity index (χ3v) is 6.96. The van der Waals surface area contributed by atoms with Crippen molar-refractivity contribution in [3.8, 4) is 0 Å². The monoisotopic (exact) mass is 407 g/mol. The lowest BCUT2D eigenvalue weighted by molar-refractivity contribution is -0.118. The molecule has 0 saturated carbocycles. The quantitative estimate of drug-likeness (QED) is 0.559. The van der Waals surface area contributed by atoms with Crippen LogP contribution in [0.5, 0.6) is 0 Å². The lowest BCUT2D eigenvalue weighted by Gasteiger charge is -2.18. The number of aromatic nitrogens is 2. The number of fused-ring (bicyclic) bond motifs is 3. The normalized spacial score (nSPS) is 16.7. The third-order valence-electron chi connectivity index (χ3n) is 4.83. The first-order valence-corrected chi connectivity index (χ1v) is 11.7. The average Bonchev–Trinajstić information content (AvgIpc) is 2.97. The lowest BCUT2D eigenvalue weighted by atomic mass is 9.89. The zero-order valence-corrected chi connectivity index (χ0v) is 18.3. The maximum absolute atomic E-state index is 13.3. The maximum atomic E-state index is 13.3. The second-order valence-corrected chi connectivity index (χ2v) is 9.90. The molecular formula is C20H29N3O2S2. The molecule has 148 valence electrons. The molecule has 2 aromatic heterocycles. The fourth-order valence-electron chi connectivity index (χ4n) is 3.49. The van der Waals surface area contributed by atoms with Gasteiger partial charge in [-0.1, -0.05) is 39.5 Å². The second-order valence-electron chi connectivity index (χ2n) is 7.87. The number of carbonyl (C=O) groups is 1. The van der Waals surface area contributed by atoms with Gasteiger partial charge in [0.05, 0.1) is 11.1 Å². The highest BCUT2D eigenvalue weighted by atomic mass is 32.2. The molecule has 1 unspecified atom stereocenters. The van der Waals surface area contributed by atoms with E-state index in [1.54, 1.807) is 15.9 Å². The minimum atomic E-state index is -0.00779. The molecule has 1 amide bonds. The van der Waals surface area contributed by atoms with Crippen LogP contribution < -0.4 is 10.9 Å². The van der Waals surface area contributed by atoms with Crippen molar-refractivity contribution in [2.45, 2.75) is 65.1 Å². The smallest absolute Gasteiger partial charge is 0.263 e. The number of amides is 1. The predicted octanol–water partition coefficient (Wildman–Crippen LogP) is 3.86. The fourth-order valence-corrected chi connectivity index (χ4v) is 5.75. The molecule has 0 fully saturated rings. The molecular weight excluding hydrogens is 378 g/mol. The highest BCUT2D eigenvalue weighted by molar-refractivity contribution is 7.99. The number of hydrogen-bond acceptors (Lipinski definition) is 5. The Morgan fingerprint density at radius 1 is 1.44 bits per heavy atom. The van der Waals surface area contributed by atoms with E-state index in [-0.39, 0.29) is 17.2 Å². The summed E-state index contributed by atoms with van der Waals surface area (Å²) in [5.41, 5.74) is 1.29. The Morgan fingerprint density at radius 3 is 2.93 bits per heavy atom. The Balaban J connectivity index is 1.99. The topological polar surface area (TPSA) is 64.0 Å².